The van der Waals surface area contributed by atoms with Crippen LogP contribution in [-0.2, 0) is 16.0 Å². The Labute approximate surface area is 133 Å². The van der Waals surface area contributed by atoms with Crippen molar-refractivity contribution in [1.29, 1.82) is 0 Å². The van der Waals surface area contributed by atoms with Crippen molar-refractivity contribution in [1.82, 2.24) is 0 Å². The van der Waals surface area contributed by atoms with Gasteiger partial charge in [0.05, 0.1) is 19.2 Å². The van der Waals surface area contributed by atoms with Crippen molar-refractivity contribution in [3.8, 4) is 5.75 Å². The standard InChI is InChI=1S/C17H17FN2O3/c1-11(21)19-13-6-7-15(18)16(10-13)20-17(22)9-12-4-3-5-14(8-12)23-2/h3-8,10H,9H2,1-2H3,(H,19,21)(H,20,22). The van der Waals surface area contributed by atoms with Gasteiger partial charge in [-0.05, 0) is 35.9 Å². The van der Waals surface area contributed by atoms with E-state index in [2.05, 4.69) is 10.6 Å². The summed E-state index contributed by atoms with van der Waals surface area (Å²) in [6.07, 6.45) is 0.0843. The van der Waals surface area contributed by atoms with Crippen LogP contribution in [0.2, 0.25) is 0 Å². The van der Waals surface area contributed by atoms with Gasteiger partial charge in [0.15, 0.2) is 0 Å². The van der Waals surface area contributed by atoms with Gasteiger partial charge in [-0.1, -0.05) is 12.1 Å². The fourth-order valence-electron chi connectivity index (χ4n) is 2.06. The number of amides is 2. The van der Waals surface area contributed by atoms with E-state index in [0.29, 0.717) is 11.4 Å². The number of hydrogen-bond acceptors (Lipinski definition) is 3. The Kier molecular flexibility index (Phi) is 5.30. The first-order valence-electron chi connectivity index (χ1n) is 6.98. The Bertz CT molecular complexity index is 732. The van der Waals surface area contributed by atoms with E-state index in [4.69, 9.17) is 4.74 Å². The molecule has 2 N–H and O–H groups in total. The fourth-order valence-corrected chi connectivity index (χ4v) is 2.06. The summed E-state index contributed by atoms with van der Waals surface area (Å²) in [6.45, 7) is 1.35. The third-order valence-corrected chi connectivity index (χ3v) is 3.06. The summed E-state index contributed by atoms with van der Waals surface area (Å²) in [7, 11) is 1.54. The van der Waals surface area contributed by atoms with Gasteiger partial charge in [-0.2, -0.15) is 0 Å². The largest absolute Gasteiger partial charge is 0.497 e. The minimum Gasteiger partial charge on any atom is -0.497 e. The predicted octanol–water partition coefficient (Wildman–Crippen LogP) is 2.97. The van der Waals surface area contributed by atoms with Crippen molar-refractivity contribution in [2.45, 2.75) is 13.3 Å². The number of methoxy groups -OCH3 is 1. The van der Waals surface area contributed by atoms with Crippen molar-refractivity contribution in [2.24, 2.45) is 0 Å². The molecule has 2 rings (SSSR count). The number of rotatable bonds is 5. The number of anilines is 2. The second kappa shape index (κ2) is 7.40. The van der Waals surface area contributed by atoms with Gasteiger partial charge in [0, 0.05) is 12.6 Å². The van der Waals surface area contributed by atoms with Crippen molar-refractivity contribution in [3.63, 3.8) is 0 Å². The zero-order valence-electron chi connectivity index (χ0n) is 12.9. The maximum absolute atomic E-state index is 13.8. The van der Waals surface area contributed by atoms with E-state index in [1.54, 1.807) is 31.4 Å². The molecule has 2 aromatic rings. The highest BCUT2D eigenvalue weighted by molar-refractivity contribution is 5.94. The Morgan fingerprint density at radius 3 is 2.61 bits per heavy atom. The van der Waals surface area contributed by atoms with Gasteiger partial charge in [0.1, 0.15) is 11.6 Å². The van der Waals surface area contributed by atoms with E-state index < -0.39 is 5.82 Å². The van der Waals surface area contributed by atoms with Crippen LogP contribution in [-0.4, -0.2) is 18.9 Å². The van der Waals surface area contributed by atoms with Crippen LogP contribution in [0.15, 0.2) is 42.5 Å². The first-order valence-corrected chi connectivity index (χ1v) is 6.98. The summed E-state index contributed by atoms with van der Waals surface area (Å²) in [4.78, 5) is 23.1. The Hall–Kier alpha value is -2.89. The molecule has 23 heavy (non-hydrogen) atoms. The molecule has 0 saturated carbocycles. The van der Waals surface area contributed by atoms with Crippen molar-refractivity contribution < 1.29 is 18.7 Å². The van der Waals surface area contributed by atoms with E-state index in [9.17, 15) is 14.0 Å². The first kappa shape index (κ1) is 16.5. The lowest BCUT2D eigenvalue weighted by Gasteiger charge is -2.09. The maximum atomic E-state index is 13.8. The van der Waals surface area contributed by atoms with Crippen LogP contribution in [0, 0.1) is 5.82 Å². The quantitative estimate of drug-likeness (QED) is 0.891. The molecule has 2 aromatic carbocycles. The highest BCUT2D eigenvalue weighted by Gasteiger charge is 2.10. The molecule has 0 unspecified atom stereocenters. The summed E-state index contributed by atoms with van der Waals surface area (Å²) in [5.74, 6) is -0.561. The number of ether oxygens (including phenoxy) is 1. The van der Waals surface area contributed by atoms with Crippen LogP contribution in [0.1, 0.15) is 12.5 Å². The molecule has 120 valence electrons. The number of benzene rings is 2. The maximum Gasteiger partial charge on any atom is 0.228 e. The average molecular weight is 316 g/mol. The number of nitrogens with one attached hydrogen (secondary N) is 2. The van der Waals surface area contributed by atoms with Gasteiger partial charge in [-0.25, -0.2) is 4.39 Å². The van der Waals surface area contributed by atoms with Crippen LogP contribution in [0.25, 0.3) is 0 Å². The van der Waals surface area contributed by atoms with E-state index in [0.717, 1.165) is 5.56 Å². The number of halogens is 1. The zero-order valence-corrected chi connectivity index (χ0v) is 12.9. The number of hydrogen-bond donors (Lipinski definition) is 2. The zero-order chi connectivity index (χ0) is 16.8. The van der Waals surface area contributed by atoms with Gasteiger partial charge < -0.3 is 15.4 Å². The third kappa shape index (κ3) is 4.81. The van der Waals surface area contributed by atoms with Gasteiger partial charge >= 0.3 is 0 Å². The van der Waals surface area contributed by atoms with Gasteiger partial charge in [-0.3, -0.25) is 9.59 Å². The summed E-state index contributed by atoms with van der Waals surface area (Å²) in [6, 6.07) is 11.1. The monoisotopic (exact) mass is 316 g/mol. The Morgan fingerprint density at radius 2 is 1.91 bits per heavy atom. The third-order valence-electron chi connectivity index (χ3n) is 3.06. The second-order valence-corrected chi connectivity index (χ2v) is 4.95. The fraction of sp³-hybridized carbons (Fsp3) is 0.176. The molecule has 6 heteroatoms. The molecule has 0 aliphatic carbocycles. The molecule has 5 nitrogen and oxygen atoms in total. The van der Waals surface area contributed by atoms with E-state index >= 15 is 0 Å². The Morgan fingerprint density at radius 1 is 1.13 bits per heavy atom. The van der Waals surface area contributed by atoms with Crippen molar-refractivity contribution in [3.05, 3.63) is 53.8 Å². The lowest BCUT2D eigenvalue weighted by Crippen LogP contribution is -2.16. The lowest BCUT2D eigenvalue weighted by atomic mass is 10.1. The summed E-state index contributed by atoms with van der Waals surface area (Å²) in [5, 5.41) is 5.04. The highest BCUT2D eigenvalue weighted by atomic mass is 19.1. The molecule has 0 fully saturated rings. The number of carbonyl (C=O) groups is 2. The minimum atomic E-state index is -0.571. The van der Waals surface area contributed by atoms with Gasteiger partial charge in [-0.15, -0.1) is 0 Å². The molecule has 0 radical (unpaired) electrons. The van der Waals surface area contributed by atoms with Gasteiger partial charge in [0.2, 0.25) is 11.8 Å². The summed E-state index contributed by atoms with van der Waals surface area (Å²) >= 11 is 0. The summed E-state index contributed by atoms with van der Waals surface area (Å²) < 4.78 is 18.9. The SMILES string of the molecule is COc1cccc(CC(=O)Nc2cc(NC(C)=O)ccc2F)c1. The van der Waals surface area contributed by atoms with Crippen LogP contribution in [0.5, 0.6) is 5.75 Å². The van der Waals surface area contributed by atoms with Crippen LogP contribution in [0.4, 0.5) is 15.8 Å². The second-order valence-electron chi connectivity index (χ2n) is 4.95. The van der Waals surface area contributed by atoms with E-state index in [-0.39, 0.29) is 23.9 Å². The summed E-state index contributed by atoms with van der Waals surface area (Å²) in [5.41, 5.74) is 1.18. The minimum absolute atomic E-state index is 0.0177. The van der Waals surface area contributed by atoms with Crippen molar-refractivity contribution in [2.75, 3.05) is 17.7 Å². The molecule has 0 spiro atoms. The molecule has 0 heterocycles. The first-order chi connectivity index (χ1) is 11.0. The van der Waals surface area contributed by atoms with Crippen LogP contribution < -0.4 is 15.4 Å². The Balaban J connectivity index is 2.08. The van der Waals surface area contributed by atoms with E-state index in [1.807, 2.05) is 0 Å². The average Bonchev–Trinajstić information content (AvgIpc) is 2.50. The lowest BCUT2D eigenvalue weighted by molar-refractivity contribution is -0.116. The normalized spacial score (nSPS) is 10.0. The van der Waals surface area contributed by atoms with Crippen LogP contribution in [0.3, 0.4) is 0 Å². The molecule has 0 saturated heterocycles. The smallest absolute Gasteiger partial charge is 0.228 e. The van der Waals surface area contributed by atoms with Crippen molar-refractivity contribution >= 4 is 23.2 Å². The molecule has 0 aliphatic heterocycles. The molecule has 2 amide bonds. The highest BCUT2D eigenvalue weighted by Crippen LogP contribution is 2.20. The molecule has 0 aromatic heterocycles. The molecule has 0 atom stereocenters. The van der Waals surface area contributed by atoms with Crippen LogP contribution >= 0.6 is 0 Å². The molecule has 0 bridgehead atoms. The van der Waals surface area contributed by atoms with Gasteiger partial charge in [0.25, 0.3) is 0 Å². The number of carbonyl (C=O) groups excluding carboxylic acids is 2. The topological polar surface area (TPSA) is 67.4 Å². The molecular formula is C17H17FN2O3. The molecule has 0 aliphatic rings. The molecular weight excluding hydrogens is 299 g/mol. The predicted molar refractivity (Wildman–Crippen MR) is 86.0 cm³/mol. The van der Waals surface area contributed by atoms with E-state index in [1.165, 1.54) is 25.1 Å².